The van der Waals surface area contributed by atoms with Crippen LogP contribution in [0.5, 0.6) is 0 Å². The maximum atomic E-state index is 15.7. The quantitative estimate of drug-likeness (QED) is 0.217. The second kappa shape index (κ2) is 11.5. The highest BCUT2D eigenvalue weighted by atomic mass is 35.5. The molecule has 2 aromatic carbocycles. The molecule has 0 amide bonds. The van der Waals surface area contributed by atoms with Crippen LogP contribution in [0.25, 0.3) is 27.7 Å². The van der Waals surface area contributed by atoms with Crippen LogP contribution in [-0.4, -0.2) is 48.5 Å². The monoisotopic (exact) mass is 624 g/mol. The Morgan fingerprint density at radius 2 is 1.91 bits per heavy atom. The standard InChI is InChI=1S/C31H34ClFN6O3S/c1-17(2)39-30-23(19-8-10-20(11-9-19)36-21-15-42-16-21)14-35-31(34)26(30)29(37-39)22-12-13-24(28(33)27(22)32)38-43(40,41)25-7-5-4-6-18(25)3/h4-8,12-14,17,20-21,36,38H,9-11,15-16H2,1-3H3,(H2,34,35). The summed E-state index contributed by atoms with van der Waals surface area (Å²) in [5, 5.41) is 8.83. The van der Waals surface area contributed by atoms with Crippen LogP contribution in [0.2, 0.25) is 5.02 Å². The van der Waals surface area contributed by atoms with E-state index in [9.17, 15) is 8.42 Å². The Morgan fingerprint density at radius 3 is 2.56 bits per heavy atom. The number of nitrogens with one attached hydrogen (secondary N) is 2. The third kappa shape index (κ3) is 5.50. The second-order valence-electron chi connectivity index (χ2n) is 11.4. The lowest BCUT2D eigenvalue weighted by atomic mass is 9.89. The van der Waals surface area contributed by atoms with E-state index in [1.807, 2.05) is 18.5 Å². The molecule has 1 fully saturated rings. The number of aromatic nitrogens is 3. The molecule has 0 radical (unpaired) electrons. The molecule has 0 spiro atoms. The van der Waals surface area contributed by atoms with Gasteiger partial charge in [-0.3, -0.25) is 9.40 Å². The molecule has 0 bridgehead atoms. The summed E-state index contributed by atoms with van der Waals surface area (Å²) in [5.74, 6) is -0.654. The van der Waals surface area contributed by atoms with Gasteiger partial charge >= 0.3 is 0 Å². The van der Waals surface area contributed by atoms with Crippen LogP contribution in [0, 0.1) is 12.7 Å². The molecular formula is C31H34ClFN6O3S. The van der Waals surface area contributed by atoms with Crippen LogP contribution < -0.4 is 15.8 Å². The topological polar surface area (TPSA) is 124 Å². The normalized spacial score (nSPS) is 17.7. The smallest absolute Gasteiger partial charge is 0.262 e. The number of fused-ring (bicyclic) bond motifs is 1. The second-order valence-corrected chi connectivity index (χ2v) is 13.5. The fraction of sp³-hybridized carbons (Fsp3) is 0.355. The van der Waals surface area contributed by atoms with Crippen molar-refractivity contribution in [1.82, 2.24) is 20.1 Å². The van der Waals surface area contributed by atoms with E-state index in [1.165, 1.54) is 12.1 Å². The van der Waals surface area contributed by atoms with Crippen molar-refractivity contribution in [3.05, 3.63) is 70.6 Å². The first-order valence-corrected chi connectivity index (χ1v) is 16.2. The minimum absolute atomic E-state index is 0.0437. The molecule has 6 rings (SSSR count). The highest BCUT2D eigenvalue weighted by Crippen LogP contribution is 2.42. The van der Waals surface area contributed by atoms with Gasteiger partial charge in [0.15, 0.2) is 5.82 Å². The molecule has 0 saturated carbocycles. The molecule has 1 aliphatic carbocycles. The van der Waals surface area contributed by atoms with E-state index in [0.717, 1.165) is 49.1 Å². The zero-order valence-electron chi connectivity index (χ0n) is 24.2. The Kier molecular flexibility index (Phi) is 7.93. The molecule has 1 aliphatic heterocycles. The van der Waals surface area contributed by atoms with E-state index in [0.29, 0.717) is 28.7 Å². The van der Waals surface area contributed by atoms with Gasteiger partial charge in [-0.2, -0.15) is 5.10 Å². The lowest BCUT2D eigenvalue weighted by Crippen LogP contribution is -2.50. The number of benzene rings is 2. The van der Waals surface area contributed by atoms with Crippen LogP contribution in [0.4, 0.5) is 15.9 Å². The van der Waals surface area contributed by atoms with E-state index in [1.54, 1.807) is 37.4 Å². The summed E-state index contributed by atoms with van der Waals surface area (Å²) >= 11 is 6.60. The Labute approximate surface area is 255 Å². The average Bonchev–Trinajstić information content (AvgIpc) is 3.36. The molecule has 1 atom stereocenters. The largest absolute Gasteiger partial charge is 0.383 e. The van der Waals surface area contributed by atoms with Gasteiger partial charge in [0.25, 0.3) is 10.0 Å². The summed E-state index contributed by atoms with van der Waals surface area (Å²) in [5.41, 5.74) is 10.3. The fourth-order valence-electron chi connectivity index (χ4n) is 5.76. The Morgan fingerprint density at radius 1 is 1.14 bits per heavy atom. The van der Waals surface area contributed by atoms with Crippen molar-refractivity contribution >= 4 is 49.6 Å². The van der Waals surface area contributed by atoms with Gasteiger partial charge in [-0.25, -0.2) is 17.8 Å². The number of nitrogen functional groups attached to an aromatic ring is 1. The van der Waals surface area contributed by atoms with Crippen molar-refractivity contribution < 1.29 is 17.5 Å². The predicted octanol–water partition coefficient (Wildman–Crippen LogP) is 6.09. The van der Waals surface area contributed by atoms with Crippen LogP contribution in [-0.2, 0) is 14.8 Å². The predicted molar refractivity (Wildman–Crippen MR) is 168 cm³/mol. The molecule has 12 heteroatoms. The van der Waals surface area contributed by atoms with Gasteiger partial charge in [-0.15, -0.1) is 0 Å². The summed E-state index contributed by atoms with van der Waals surface area (Å²) in [7, 11) is -4.05. The highest BCUT2D eigenvalue weighted by molar-refractivity contribution is 7.92. The van der Waals surface area contributed by atoms with Crippen molar-refractivity contribution in [1.29, 1.82) is 0 Å². The van der Waals surface area contributed by atoms with Crippen LogP contribution >= 0.6 is 11.6 Å². The number of ether oxygens (including phenoxy) is 1. The Balaban J connectivity index is 1.39. The number of halogens is 2. The first kappa shape index (κ1) is 29.6. The van der Waals surface area contributed by atoms with Gasteiger partial charge in [-0.1, -0.05) is 35.9 Å². The number of hydrogen-bond acceptors (Lipinski definition) is 7. The number of sulfonamides is 1. The van der Waals surface area contributed by atoms with E-state index >= 15 is 4.39 Å². The van der Waals surface area contributed by atoms with Gasteiger partial charge in [0.05, 0.1) is 45.8 Å². The van der Waals surface area contributed by atoms with Crippen LogP contribution in [0.3, 0.4) is 0 Å². The molecular weight excluding hydrogens is 591 g/mol. The molecule has 4 N–H and O–H groups in total. The zero-order chi connectivity index (χ0) is 30.5. The lowest BCUT2D eigenvalue weighted by molar-refractivity contribution is -0.0103. The van der Waals surface area contributed by atoms with Crippen LogP contribution in [0.15, 0.2) is 53.6 Å². The van der Waals surface area contributed by atoms with Crippen LogP contribution in [0.1, 0.15) is 50.3 Å². The summed E-state index contributed by atoms with van der Waals surface area (Å²) in [4.78, 5) is 4.57. The first-order chi connectivity index (χ1) is 20.5. The molecule has 9 nitrogen and oxygen atoms in total. The number of hydrogen-bond donors (Lipinski definition) is 3. The van der Waals surface area contributed by atoms with E-state index in [4.69, 9.17) is 27.2 Å². The van der Waals surface area contributed by atoms with Gasteiger partial charge in [0.1, 0.15) is 11.5 Å². The fourth-order valence-corrected chi connectivity index (χ4v) is 7.32. The number of nitrogens with two attached hydrogens (primary N) is 1. The van der Waals surface area contributed by atoms with E-state index < -0.39 is 15.8 Å². The first-order valence-electron chi connectivity index (χ1n) is 14.3. The number of aryl methyl sites for hydroxylation is 1. The van der Waals surface area contributed by atoms with Gasteiger partial charge < -0.3 is 15.8 Å². The molecule has 2 aliphatic rings. The molecule has 1 unspecified atom stereocenters. The lowest BCUT2D eigenvalue weighted by Gasteiger charge is -2.33. The summed E-state index contributed by atoms with van der Waals surface area (Å²) < 4.78 is 51.3. The van der Waals surface area contributed by atoms with Crippen molar-refractivity contribution in [2.24, 2.45) is 0 Å². The highest BCUT2D eigenvalue weighted by Gasteiger charge is 2.28. The SMILES string of the molecule is Cc1ccccc1S(=O)(=O)Nc1ccc(-c2nn(C(C)C)c3c(C4=CCC(NC5COC5)CC4)cnc(N)c23)c(Cl)c1F. The van der Waals surface area contributed by atoms with E-state index in [2.05, 4.69) is 21.1 Å². The number of pyridine rings is 1. The molecule has 1 saturated heterocycles. The Hall–Kier alpha value is -3.51. The molecule has 43 heavy (non-hydrogen) atoms. The Bertz CT molecular complexity index is 1850. The number of anilines is 2. The van der Waals surface area contributed by atoms with Crippen molar-refractivity contribution in [2.45, 2.75) is 63.1 Å². The van der Waals surface area contributed by atoms with Gasteiger partial charge in [0.2, 0.25) is 0 Å². The van der Waals surface area contributed by atoms with Crippen molar-refractivity contribution in [2.75, 3.05) is 23.7 Å². The summed E-state index contributed by atoms with van der Waals surface area (Å²) in [6.07, 6.45) is 6.75. The third-order valence-corrected chi connectivity index (χ3v) is 9.97. The zero-order valence-corrected chi connectivity index (χ0v) is 25.8. The maximum Gasteiger partial charge on any atom is 0.262 e. The molecule has 4 aromatic rings. The maximum absolute atomic E-state index is 15.7. The summed E-state index contributed by atoms with van der Waals surface area (Å²) in [6.45, 7) is 7.22. The minimum Gasteiger partial charge on any atom is -0.383 e. The van der Waals surface area contributed by atoms with Crippen molar-refractivity contribution in [3.63, 3.8) is 0 Å². The number of nitrogens with zero attached hydrogens (tertiary/aromatic N) is 3. The molecule has 2 aromatic heterocycles. The van der Waals surface area contributed by atoms with E-state index in [-0.39, 0.29) is 33.0 Å². The number of allylic oxidation sites excluding steroid dienone is 1. The average molecular weight is 625 g/mol. The van der Waals surface area contributed by atoms with Crippen molar-refractivity contribution in [3.8, 4) is 11.3 Å². The molecule has 226 valence electrons. The minimum atomic E-state index is -4.05. The van der Waals surface area contributed by atoms with Gasteiger partial charge in [-0.05, 0) is 69.4 Å². The third-order valence-electron chi connectivity index (χ3n) is 8.07. The van der Waals surface area contributed by atoms with Gasteiger partial charge in [0, 0.05) is 29.4 Å². The number of rotatable bonds is 8. The summed E-state index contributed by atoms with van der Waals surface area (Å²) in [6, 6.07) is 10.2. The molecule has 3 heterocycles.